The van der Waals surface area contributed by atoms with E-state index in [-0.39, 0.29) is 25.3 Å². The van der Waals surface area contributed by atoms with Crippen LogP contribution in [0.1, 0.15) is 17.5 Å². The van der Waals surface area contributed by atoms with Crippen LogP contribution in [0.5, 0.6) is 0 Å². The Labute approximate surface area is 111 Å². The first-order valence-electron chi connectivity index (χ1n) is 6.24. The first kappa shape index (κ1) is 13.5. The van der Waals surface area contributed by atoms with E-state index in [0.29, 0.717) is 0 Å². The van der Waals surface area contributed by atoms with Crippen LogP contribution in [0.25, 0.3) is 0 Å². The molecule has 2 rings (SSSR count). The van der Waals surface area contributed by atoms with Crippen molar-refractivity contribution in [3.05, 3.63) is 35.4 Å². The van der Waals surface area contributed by atoms with Crippen molar-refractivity contribution in [2.75, 3.05) is 6.54 Å². The van der Waals surface area contributed by atoms with E-state index in [1.165, 1.54) is 4.90 Å². The maximum atomic E-state index is 11.7. The van der Waals surface area contributed by atoms with Gasteiger partial charge in [0.15, 0.2) is 0 Å². The van der Waals surface area contributed by atoms with Gasteiger partial charge in [-0.1, -0.05) is 24.3 Å². The van der Waals surface area contributed by atoms with Crippen LogP contribution in [0.3, 0.4) is 0 Å². The Kier molecular flexibility index (Phi) is 3.85. The predicted octanol–water partition coefficient (Wildman–Crippen LogP) is 0.584. The fourth-order valence-electron chi connectivity index (χ4n) is 2.39. The fraction of sp³-hybridized carbons (Fsp3) is 0.429. The Morgan fingerprint density at radius 3 is 2.68 bits per heavy atom. The third-order valence-electron chi connectivity index (χ3n) is 3.47. The lowest BCUT2D eigenvalue weighted by Gasteiger charge is -2.24. The molecule has 1 aliphatic rings. The third-order valence-corrected chi connectivity index (χ3v) is 3.47. The van der Waals surface area contributed by atoms with Crippen LogP contribution in [0, 0.1) is 6.92 Å². The topological polar surface area (TPSA) is 77.8 Å². The lowest BCUT2D eigenvalue weighted by atomic mass is 10.0. The third kappa shape index (κ3) is 2.93. The number of carboxylic acid groups (broad SMARTS) is 1. The van der Waals surface area contributed by atoms with Crippen molar-refractivity contribution < 1.29 is 19.8 Å². The Balaban J connectivity index is 2.20. The van der Waals surface area contributed by atoms with Gasteiger partial charge in [0.1, 0.15) is 6.04 Å². The molecule has 1 aliphatic heterocycles. The molecule has 0 radical (unpaired) electrons. The second kappa shape index (κ2) is 5.40. The number of benzene rings is 1. The van der Waals surface area contributed by atoms with Crippen molar-refractivity contribution in [2.24, 2.45) is 0 Å². The van der Waals surface area contributed by atoms with Gasteiger partial charge in [0.25, 0.3) is 0 Å². The monoisotopic (exact) mass is 263 g/mol. The van der Waals surface area contributed by atoms with Gasteiger partial charge in [-0.05, 0) is 18.1 Å². The molecule has 1 aromatic rings. The number of carboxylic acids is 1. The number of rotatable bonds is 4. The molecule has 1 heterocycles. The minimum Gasteiger partial charge on any atom is -0.480 e. The summed E-state index contributed by atoms with van der Waals surface area (Å²) in [4.78, 5) is 24.4. The molecular formula is C14H17NO4. The molecule has 102 valence electrons. The molecule has 5 nitrogen and oxygen atoms in total. The lowest BCUT2D eigenvalue weighted by molar-refractivity contribution is -0.148. The fourth-order valence-corrected chi connectivity index (χ4v) is 2.39. The molecule has 0 aromatic heterocycles. The lowest BCUT2D eigenvalue weighted by Crippen LogP contribution is -2.44. The van der Waals surface area contributed by atoms with Crippen molar-refractivity contribution in [1.82, 2.24) is 4.90 Å². The summed E-state index contributed by atoms with van der Waals surface area (Å²) in [5, 5.41) is 18.8. The zero-order valence-corrected chi connectivity index (χ0v) is 10.7. The molecule has 1 aromatic carbocycles. The Hall–Kier alpha value is -1.88. The van der Waals surface area contributed by atoms with Crippen molar-refractivity contribution in [3.63, 3.8) is 0 Å². The van der Waals surface area contributed by atoms with E-state index in [1.54, 1.807) is 0 Å². The van der Waals surface area contributed by atoms with Gasteiger partial charge in [-0.3, -0.25) is 4.79 Å². The van der Waals surface area contributed by atoms with Gasteiger partial charge < -0.3 is 15.1 Å². The number of amides is 1. The van der Waals surface area contributed by atoms with Gasteiger partial charge in [-0.15, -0.1) is 0 Å². The zero-order valence-electron chi connectivity index (χ0n) is 10.7. The van der Waals surface area contributed by atoms with Crippen molar-refractivity contribution in [3.8, 4) is 0 Å². The molecule has 0 spiro atoms. The molecule has 1 saturated heterocycles. The summed E-state index contributed by atoms with van der Waals surface area (Å²) in [5.41, 5.74) is 1.91. The summed E-state index contributed by atoms with van der Waals surface area (Å²) in [5.74, 6) is -1.33. The highest BCUT2D eigenvalue weighted by atomic mass is 16.4. The maximum absolute atomic E-state index is 11.7. The van der Waals surface area contributed by atoms with Crippen LogP contribution < -0.4 is 0 Å². The number of aryl methyl sites for hydroxylation is 1. The minimum absolute atomic E-state index is 0.0115. The highest BCUT2D eigenvalue weighted by Crippen LogP contribution is 2.19. The second-order valence-electron chi connectivity index (χ2n) is 4.89. The molecule has 2 atom stereocenters. The number of hydrogen-bond donors (Lipinski definition) is 2. The van der Waals surface area contributed by atoms with E-state index in [4.69, 9.17) is 0 Å². The van der Waals surface area contributed by atoms with Gasteiger partial charge in [0.2, 0.25) is 5.91 Å². The summed E-state index contributed by atoms with van der Waals surface area (Å²) >= 11 is 0. The molecule has 1 amide bonds. The number of aliphatic hydroxyl groups excluding tert-OH is 1. The summed E-state index contributed by atoms with van der Waals surface area (Å²) in [6.07, 6.45) is -0.482. The predicted molar refractivity (Wildman–Crippen MR) is 68.6 cm³/mol. The van der Waals surface area contributed by atoms with Gasteiger partial charge in [0, 0.05) is 13.0 Å². The Bertz CT molecular complexity index is 500. The number of nitrogens with zero attached hydrogens (tertiary/aromatic N) is 1. The summed E-state index contributed by atoms with van der Waals surface area (Å²) < 4.78 is 0. The van der Waals surface area contributed by atoms with Crippen LogP contribution in [0.2, 0.25) is 0 Å². The normalized spacial score (nSPS) is 20.6. The second-order valence-corrected chi connectivity index (χ2v) is 4.89. The van der Waals surface area contributed by atoms with Gasteiger partial charge >= 0.3 is 5.97 Å². The highest BCUT2D eigenvalue weighted by Gasteiger charge is 2.37. The number of hydrogen-bond acceptors (Lipinski definition) is 3. The summed E-state index contributed by atoms with van der Waals surface area (Å²) in [7, 11) is 0. The van der Waals surface area contributed by atoms with Crippen LogP contribution in [-0.4, -0.2) is 45.7 Å². The van der Waals surface area contributed by atoms with E-state index in [9.17, 15) is 19.8 Å². The van der Waals surface area contributed by atoms with Crippen LogP contribution in [-0.2, 0) is 16.0 Å². The van der Waals surface area contributed by atoms with Gasteiger partial charge in [0.05, 0.1) is 12.5 Å². The molecule has 0 saturated carbocycles. The highest BCUT2D eigenvalue weighted by molar-refractivity contribution is 5.85. The van der Waals surface area contributed by atoms with E-state index >= 15 is 0 Å². The number of aliphatic hydroxyl groups is 1. The van der Waals surface area contributed by atoms with Gasteiger partial charge in [-0.2, -0.15) is 0 Å². The molecule has 5 heteroatoms. The van der Waals surface area contributed by atoms with Crippen LogP contribution in [0.4, 0.5) is 0 Å². The van der Waals surface area contributed by atoms with Gasteiger partial charge in [-0.25, -0.2) is 4.79 Å². The van der Waals surface area contributed by atoms with Crippen LogP contribution >= 0.6 is 0 Å². The molecule has 19 heavy (non-hydrogen) atoms. The Morgan fingerprint density at radius 2 is 2.16 bits per heavy atom. The summed E-state index contributed by atoms with van der Waals surface area (Å²) in [6.45, 7) is 2.01. The molecule has 0 aliphatic carbocycles. The molecule has 2 N–H and O–H groups in total. The average Bonchev–Trinajstić information content (AvgIpc) is 2.67. The largest absolute Gasteiger partial charge is 0.480 e. The standard InChI is InChI=1S/C14H17NO4/c1-9-4-2-3-5-10(9)6-12(14(18)19)15-8-11(16)7-13(15)17/h2-5,11-12,16H,6-8H2,1H3,(H,18,19)/t11?,12-/m0/s1. The van der Waals surface area contributed by atoms with E-state index in [0.717, 1.165) is 11.1 Å². The summed E-state index contributed by atoms with van der Waals surface area (Å²) in [6, 6.07) is 6.60. The van der Waals surface area contributed by atoms with E-state index in [2.05, 4.69) is 0 Å². The Morgan fingerprint density at radius 1 is 1.47 bits per heavy atom. The van der Waals surface area contributed by atoms with Crippen LogP contribution in [0.15, 0.2) is 24.3 Å². The molecule has 0 bridgehead atoms. The van der Waals surface area contributed by atoms with Crippen molar-refractivity contribution in [1.29, 1.82) is 0 Å². The number of carbonyl (C=O) groups excluding carboxylic acids is 1. The quantitative estimate of drug-likeness (QED) is 0.833. The average molecular weight is 263 g/mol. The molecular weight excluding hydrogens is 246 g/mol. The molecule has 1 fully saturated rings. The first-order valence-corrected chi connectivity index (χ1v) is 6.24. The number of carbonyl (C=O) groups is 2. The van der Waals surface area contributed by atoms with Crippen molar-refractivity contribution >= 4 is 11.9 Å². The number of β-amino-alcohol motifs (C(OH)–C–C–N with tert-alkyl or cyclic N) is 1. The number of likely N-dealkylation sites (tertiary alicyclic amines) is 1. The maximum Gasteiger partial charge on any atom is 0.326 e. The minimum atomic E-state index is -1.04. The zero-order chi connectivity index (χ0) is 14.0. The first-order chi connectivity index (χ1) is 8.99. The van der Waals surface area contributed by atoms with E-state index < -0.39 is 18.1 Å². The SMILES string of the molecule is Cc1ccccc1C[C@@H](C(=O)O)N1CC(O)CC1=O. The van der Waals surface area contributed by atoms with E-state index in [1.807, 2.05) is 31.2 Å². The van der Waals surface area contributed by atoms with Crippen molar-refractivity contribution in [2.45, 2.75) is 31.9 Å². The number of aliphatic carboxylic acids is 1. The smallest absolute Gasteiger partial charge is 0.326 e. The molecule has 1 unspecified atom stereocenters.